The summed E-state index contributed by atoms with van der Waals surface area (Å²) in [5, 5.41) is 1.62. The highest BCUT2D eigenvalue weighted by Crippen LogP contribution is 2.41. The van der Waals surface area contributed by atoms with Crippen molar-refractivity contribution in [3.63, 3.8) is 0 Å². The molecule has 0 radical (unpaired) electrons. The topological polar surface area (TPSA) is 68.7 Å². The van der Waals surface area contributed by atoms with E-state index in [1.807, 2.05) is 6.92 Å². The highest BCUT2D eigenvalue weighted by atomic mass is 32.1. The normalized spacial score (nSPS) is 11.3. The summed E-state index contributed by atoms with van der Waals surface area (Å²) in [7, 11) is 1.10. The third-order valence-electron chi connectivity index (χ3n) is 5.13. The van der Waals surface area contributed by atoms with E-state index in [1.165, 1.54) is 30.3 Å². The summed E-state index contributed by atoms with van der Waals surface area (Å²) in [6.45, 7) is 2.09. The molecule has 0 bridgehead atoms. The fourth-order valence-electron chi connectivity index (χ4n) is 3.29. The molecule has 1 aromatic heterocycles. The lowest BCUT2D eigenvalue weighted by atomic mass is 10.1. The van der Waals surface area contributed by atoms with Gasteiger partial charge in [-0.3, -0.25) is 14.5 Å². The van der Waals surface area contributed by atoms with E-state index in [0.717, 1.165) is 48.3 Å². The smallest absolute Gasteiger partial charge is 0.420 e. The number of methoxy groups -OCH3 is 1. The first-order valence-corrected chi connectivity index (χ1v) is 12.0. The van der Waals surface area contributed by atoms with E-state index in [0.29, 0.717) is 17.7 Å². The van der Waals surface area contributed by atoms with Gasteiger partial charge in [-0.1, -0.05) is 19.8 Å². The second-order valence-corrected chi connectivity index (χ2v) is 8.57. The van der Waals surface area contributed by atoms with Gasteiger partial charge in [-0.25, -0.2) is 9.37 Å². The molecule has 0 aliphatic carbocycles. The lowest BCUT2D eigenvalue weighted by Gasteiger charge is -2.22. The van der Waals surface area contributed by atoms with Crippen molar-refractivity contribution in [1.29, 1.82) is 0 Å². The molecule has 11 heteroatoms. The third-order valence-corrected chi connectivity index (χ3v) is 5.95. The number of alkyl halides is 3. The molecule has 1 heterocycles. The van der Waals surface area contributed by atoms with Gasteiger partial charge in [0.15, 0.2) is 5.13 Å². The summed E-state index contributed by atoms with van der Waals surface area (Å²) >= 11 is 0.987. The molecule has 0 atom stereocenters. The largest absolute Gasteiger partial charge is 0.493 e. The van der Waals surface area contributed by atoms with Crippen LogP contribution in [0, 0.1) is 5.82 Å². The summed E-state index contributed by atoms with van der Waals surface area (Å²) < 4.78 is 64.9. The number of carbonyl (C=O) groups is 2. The van der Waals surface area contributed by atoms with Gasteiger partial charge in [0.2, 0.25) is 5.91 Å². The number of unbranched alkanes of at least 4 members (excludes halogenated alkanes) is 2. The van der Waals surface area contributed by atoms with Crippen molar-refractivity contribution in [3.05, 3.63) is 59.2 Å². The van der Waals surface area contributed by atoms with E-state index < -0.39 is 35.9 Å². The SMILES string of the molecule is CCCCCOc1ccc(N(C(=O)CC(=O)OC)c2nc(-c3ccc(F)cc3)cs2)cc1C(F)(F)F. The van der Waals surface area contributed by atoms with Gasteiger partial charge in [-0.15, -0.1) is 11.3 Å². The van der Waals surface area contributed by atoms with Gasteiger partial charge in [-0.05, 0) is 48.9 Å². The van der Waals surface area contributed by atoms with Gasteiger partial charge >= 0.3 is 12.1 Å². The van der Waals surface area contributed by atoms with Crippen LogP contribution >= 0.6 is 11.3 Å². The molecule has 36 heavy (non-hydrogen) atoms. The summed E-state index contributed by atoms with van der Waals surface area (Å²) in [5.41, 5.74) is -0.260. The molecule has 0 N–H and O–H groups in total. The number of hydrogen-bond acceptors (Lipinski definition) is 6. The number of ether oxygens (including phenoxy) is 2. The summed E-state index contributed by atoms with van der Waals surface area (Å²) in [6.07, 6.45) is -3.16. The maximum atomic E-state index is 13.9. The summed E-state index contributed by atoms with van der Waals surface area (Å²) in [6, 6.07) is 8.70. The van der Waals surface area contributed by atoms with Gasteiger partial charge in [0.1, 0.15) is 18.0 Å². The number of rotatable bonds is 10. The number of benzene rings is 2. The number of thiazole rings is 1. The number of halogens is 4. The van der Waals surface area contributed by atoms with Crippen LogP contribution in [0.25, 0.3) is 11.3 Å². The van der Waals surface area contributed by atoms with Crippen LogP contribution in [0.2, 0.25) is 0 Å². The van der Waals surface area contributed by atoms with E-state index in [2.05, 4.69) is 9.72 Å². The van der Waals surface area contributed by atoms with Crippen molar-refractivity contribution < 1.29 is 36.6 Å². The van der Waals surface area contributed by atoms with E-state index in [-0.39, 0.29) is 23.2 Å². The molecule has 0 saturated heterocycles. The first-order valence-electron chi connectivity index (χ1n) is 11.1. The molecule has 0 unspecified atom stereocenters. The zero-order valence-electron chi connectivity index (χ0n) is 19.6. The van der Waals surface area contributed by atoms with E-state index in [9.17, 15) is 27.2 Å². The van der Waals surface area contributed by atoms with Crippen molar-refractivity contribution >= 4 is 34.0 Å². The van der Waals surface area contributed by atoms with Gasteiger partial charge in [0.25, 0.3) is 0 Å². The second-order valence-electron chi connectivity index (χ2n) is 7.74. The van der Waals surface area contributed by atoms with Gasteiger partial charge in [-0.2, -0.15) is 13.2 Å². The van der Waals surface area contributed by atoms with Crippen molar-refractivity contribution in [2.45, 2.75) is 38.8 Å². The number of nitrogens with zero attached hydrogens (tertiary/aromatic N) is 2. The molecular formula is C25H24F4N2O4S. The molecular weight excluding hydrogens is 500 g/mol. The zero-order valence-corrected chi connectivity index (χ0v) is 20.4. The predicted octanol–water partition coefficient (Wildman–Crippen LogP) is 6.76. The fraction of sp³-hybridized carbons (Fsp3) is 0.320. The molecule has 0 aliphatic rings. The number of hydrogen-bond donors (Lipinski definition) is 0. The Kier molecular flexibility index (Phi) is 9.03. The number of esters is 1. The number of carbonyl (C=O) groups excluding carboxylic acids is 2. The van der Waals surface area contributed by atoms with Crippen LogP contribution in [0.4, 0.5) is 28.4 Å². The Morgan fingerprint density at radius 3 is 2.44 bits per heavy atom. The Morgan fingerprint density at radius 1 is 1.08 bits per heavy atom. The van der Waals surface area contributed by atoms with Gasteiger partial charge in [0.05, 0.1) is 30.7 Å². The Balaban J connectivity index is 2.02. The fourth-order valence-corrected chi connectivity index (χ4v) is 4.16. The average molecular weight is 525 g/mol. The van der Waals surface area contributed by atoms with Gasteiger partial charge < -0.3 is 9.47 Å². The molecule has 0 saturated carbocycles. The molecule has 6 nitrogen and oxygen atoms in total. The number of anilines is 2. The van der Waals surface area contributed by atoms with Crippen LogP contribution < -0.4 is 9.64 Å². The molecule has 1 amide bonds. The van der Waals surface area contributed by atoms with Crippen LogP contribution in [0.15, 0.2) is 47.8 Å². The molecule has 3 rings (SSSR count). The molecule has 2 aromatic carbocycles. The van der Waals surface area contributed by atoms with Crippen LogP contribution in [0.5, 0.6) is 5.75 Å². The number of aromatic nitrogens is 1. The molecule has 0 spiro atoms. The highest BCUT2D eigenvalue weighted by Gasteiger charge is 2.36. The maximum Gasteiger partial charge on any atom is 0.420 e. The van der Waals surface area contributed by atoms with E-state index in [1.54, 1.807) is 5.38 Å². The maximum absolute atomic E-state index is 13.9. The van der Waals surface area contributed by atoms with Crippen molar-refractivity contribution in [2.75, 3.05) is 18.6 Å². The van der Waals surface area contributed by atoms with Crippen LogP contribution in [-0.2, 0) is 20.5 Å². The van der Waals surface area contributed by atoms with Crippen LogP contribution in [0.1, 0.15) is 38.2 Å². The summed E-state index contributed by atoms with van der Waals surface area (Å²) in [4.78, 5) is 30.1. The number of amides is 1. The average Bonchev–Trinajstić information content (AvgIpc) is 3.31. The Hall–Kier alpha value is -3.47. The van der Waals surface area contributed by atoms with Crippen LogP contribution in [0.3, 0.4) is 0 Å². The second kappa shape index (κ2) is 12.0. The minimum atomic E-state index is -4.75. The lowest BCUT2D eigenvalue weighted by Crippen LogP contribution is -2.28. The van der Waals surface area contributed by atoms with Crippen molar-refractivity contribution in [2.24, 2.45) is 0 Å². The first-order chi connectivity index (χ1) is 17.1. The van der Waals surface area contributed by atoms with Crippen LogP contribution in [-0.4, -0.2) is 30.6 Å². The summed E-state index contributed by atoms with van der Waals surface area (Å²) in [5.74, 6) is -2.48. The predicted molar refractivity (Wildman–Crippen MR) is 128 cm³/mol. The standard InChI is InChI=1S/C25H24F4N2O4S/c1-3-4-5-12-35-21-11-10-18(13-19(21)25(27,28)29)31(22(32)14-23(33)34-2)24-30-20(15-36-24)16-6-8-17(26)9-7-16/h6-11,13,15H,3-5,12,14H2,1-2H3. The van der Waals surface area contributed by atoms with E-state index in [4.69, 9.17) is 4.74 Å². The Bertz CT molecular complexity index is 1200. The molecule has 192 valence electrons. The lowest BCUT2D eigenvalue weighted by molar-refractivity contribution is -0.143. The zero-order chi connectivity index (χ0) is 26.3. The molecule has 3 aromatic rings. The van der Waals surface area contributed by atoms with Crippen molar-refractivity contribution in [3.8, 4) is 17.0 Å². The van der Waals surface area contributed by atoms with Crippen molar-refractivity contribution in [1.82, 2.24) is 4.98 Å². The van der Waals surface area contributed by atoms with E-state index >= 15 is 0 Å². The first kappa shape index (κ1) is 27.1. The van der Waals surface area contributed by atoms with Gasteiger partial charge in [0, 0.05) is 10.9 Å². The quantitative estimate of drug-likeness (QED) is 0.127. The highest BCUT2D eigenvalue weighted by molar-refractivity contribution is 7.14. The Morgan fingerprint density at radius 2 is 1.81 bits per heavy atom. The monoisotopic (exact) mass is 524 g/mol. The third kappa shape index (κ3) is 6.81. The molecule has 0 aliphatic heterocycles. The minimum Gasteiger partial charge on any atom is -0.493 e. The molecule has 0 fully saturated rings. The Labute approximate surface area is 209 Å². The minimum absolute atomic E-state index is 0.0352.